The van der Waals surface area contributed by atoms with Crippen LogP contribution >= 0.6 is 23.1 Å². The molecule has 1 N–H and O–H groups in total. The maximum Gasteiger partial charge on any atom is 0.190 e. The highest BCUT2D eigenvalue weighted by atomic mass is 32.2. The topological polar surface area (TPSA) is 37.8 Å². The van der Waals surface area contributed by atoms with Crippen molar-refractivity contribution in [2.24, 2.45) is 0 Å². The molecule has 3 rings (SSSR count). The Morgan fingerprint density at radius 1 is 0.781 bits per heavy atom. The van der Waals surface area contributed by atoms with Gasteiger partial charge in [0.25, 0.3) is 0 Å². The molecule has 0 spiro atoms. The smallest absolute Gasteiger partial charge is 0.190 e. The first-order chi connectivity index (χ1) is 15.8. The van der Waals surface area contributed by atoms with Crippen molar-refractivity contribution in [1.82, 2.24) is 9.97 Å². The third-order valence-electron chi connectivity index (χ3n) is 6.80. The van der Waals surface area contributed by atoms with Crippen LogP contribution in [0, 0.1) is 0 Å². The van der Waals surface area contributed by atoms with Crippen molar-refractivity contribution in [2.75, 3.05) is 18.1 Å². The molecule has 0 atom stereocenters. The van der Waals surface area contributed by atoms with Gasteiger partial charge in [0.2, 0.25) is 0 Å². The molecule has 1 aliphatic carbocycles. The van der Waals surface area contributed by atoms with E-state index in [9.17, 15) is 0 Å². The van der Waals surface area contributed by atoms with Gasteiger partial charge in [-0.1, -0.05) is 102 Å². The van der Waals surface area contributed by atoms with E-state index in [2.05, 4.69) is 18.5 Å². The molecule has 5 heteroatoms. The summed E-state index contributed by atoms with van der Waals surface area (Å²) in [6.45, 7) is 3.33. The van der Waals surface area contributed by atoms with Crippen molar-refractivity contribution < 1.29 is 0 Å². The molecule has 2 heterocycles. The van der Waals surface area contributed by atoms with E-state index in [1.54, 1.807) is 16.6 Å². The molecule has 0 saturated heterocycles. The fraction of sp³-hybridized carbons (Fsp3) is 0.778. The van der Waals surface area contributed by atoms with Gasteiger partial charge in [-0.15, -0.1) is 11.3 Å². The minimum atomic E-state index is 0.902. The Morgan fingerprint density at radius 3 is 2.00 bits per heavy atom. The second kappa shape index (κ2) is 15.2. The molecule has 32 heavy (non-hydrogen) atoms. The first kappa shape index (κ1) is 25.8. The van der Waals surface area contributed by atoms with E-state index in [-0.39, 0.29) is 0 Å². The average molecular weight is 476 g/mol. The van der Waals surface area contributed by atoms with Crippen LogP contribution in [0.3, 0.4) is 0 Å². The van der Waals surface area contributed by atoms with Crippen LogP contribution < -0.4 is 5.32 Å². The Bertz CT molecular complexity index is 787. The second-order valence-electron chi connectivity index (χ2n) is 9.47. The van der Waals surface area contributed by atoms with Gasteiger partial charge >= 0.3 is 0 Å². The summed E-state index contributed by atoms with van der Waals surface area (Å²) < 4.78 is 0. The zero-order chi connectivity index (χ0) is 22.4. The fourth-order valence-corrected chi connectivity index (χ4v) is 6.57. The summed E-state index contributed by atoms with van der Waals surface area (Å²) in [6.07, 6.45) is 26.8. The summed E-state index contributed by atoms with van der Waals surface area (Å²) >= 11 is 3.55. The van der Waals surface area contributed by atoms with E-state index in [0.717, 1.165) is 17.5 Å². The van der Waals surface area contributed by atoms with Crippen LogP contribution in [0.4, 0.5) is 5.82 Å². The predicted molar refractivity (Wildman–Crippen MR) is 145 cm³/mol. The number of nitrogens with one attached hydrogen (secondary N) is 1. The Hall–Kier alpha value is -0.810. The molecule has 2 aromatic rings. The number of hydrogen-bond acceptors (Lipinski definition) is 5. The number of fused-ring (bicyclic) bond motifs is 3. The van der Waals surface area contributed by atoms with Gasteiger partial charge in [0.15, 0.2) is 5.16 Å². The molecule has 1 aliphatic rings. The summed E-state index contributed by atoms with van der Waals surface area (Å²) in [7, 11) is 0. The molecular formula is C27H45N3S2. The van der Waals surface area contributed by atoms with Gasteiger partial charge in [-0.2, -0.15) is 0 Å². The normalized spacial score (nSPS) is 13.6. The van der Waals surface area contributed by atoms with Gasteiger partial charge in [0.05, 0.1) is 5.39 Å². The fourth-order valence-electron chi connectivity index (χ4n) is 4.88. The minimum Gasteiger partial charge on any atom is -0.369 e. The van der Waals surface area contributed by atoms with Crippen molar-refractivity contribution in [3.05, 3.63) is 10.4 Å². The first-order valence-electron chi connectivity index (χ1n) is 13.4. The van der Waals surface area contributed by atoms with Crippen LogP contribution in [0.1, 0.15) is 120 Å². The Morgan fingerprint density at radius 2 is 1.38 bits per heavy atom. The number of nitrogens with zero attached hydrogens (tertiary/aromatic N) is 2. The summed E-state index contributed by atoms with van der Waals surface area (Å²) in [6, 6.07) is 0. The van der Waals surface area contributed by atoms with Gasteiger partial charge < -0.3 is 5.32 Å². The SMILES string of the molecule is CCCCCCCCCCCCCCCCNc1nc(SC)nc2sc3c(c12)CCCC3. The maximum atomic E-state index is 4.85. The molecule has 0 unspecified atom stereocenters. The highest BCUT2D eigenvalue weighted by Gasteiger charge is 2.20. The third-order valence-corrected chi connectivity index (χ3v) is 8.53. The van der Waals surface area contributed by atoms with Crippen LogP contribution in [0.25, 0.3) is 10.2 Å². The number of aromatic nitrogens is 2. The highest BCUT2D eigenvalue weighted by molar-refractivity contribution is 7.98. The molecule has 180 valence electrons. The monoisotopic (exact) mass is 475 g/mol. The van der Waals surface area contributed by atoms with Gasteiger partial charge in [-0.05, 0) is 43.9 Å². The first-order valence-corrected chi connectivity index (χ1v) is 15.5. The Balaban J connectivity index is 1.28. The highest BCUT2D eigenvalue weighted by Crippen LogP contribution is 2.39. The predicted octanol–water partition coefficient (Wildman–Crippen LogP) is 9.19. The van der Waals surface area contributed by atoms with Gasteiger partial charge in [-0.25, -0.2) is 9.97 Å². The molecule has 2 aromatic heterocycles. The number of hydrogen-bond donors (Lipinski definition) is 1. The van der Waals surface area contributed by atoms with E-state index in [4.69, 9.17) is 9.97 Å². The van der Waals surface area contributed by atoms with Crippen LogP contribution in [-0.4, -0.2) is 22.8 Å². The molecule has 0 saturated carbocycles. The standard InChI is InChI=1S/C27H45N3S2/c1-3-4-5-6-7-8-9-10-11-12-13-14-15-18-21-28-25-24-22-19-16-17-20-23(22)32-26(24)30-27(29-25)31-2/h3-21H2,1-2H3,(H,28,29,30). The molecule has 0 aliphatic heterocycles. The van der Waals surface area contributed by atoms with E-state index < -0.39 is 0 Å². The summed E-state index contributed by atoms with van der Waals surface area (Å²) in [5, 5.41) is 5.91. The lowest BCUT2D eigenvalue weighted by Crippen LogP contribution is -2.06. The molecule has 0 bridgehead atoms. The molecule has 0 radical (unpaired) electrons. The number of thiophene rings is 1. The summed E-state index contributed by atoms with van der Waals surface area (Å²) in [5.74, 6) is 1.09. The van der Waals surface area contributed by atoms with Crippen LogP contribution in [-0.2, 0) is 12.8 Å². The van der Waals surface area contributed by atoms with E-state index in [0.29, 0.717) is 0 Å². The van der Waals surface area contributed by atoms with Gasteiger partial charge in [0, 0.05) is 11.4 Å². The minimum absolute atomic E-state index is 0.902. The number of aryl methyl sites for hydroxylation is 2. The number of rotatable bonds is 17. The molecule has 0 amide bonds. The van der Waals surface area contributed by atoms with Crippen LogP contribution in [0.5, 0.6) is 0 Å². The quantitative estimate of drug-likeness (QED) is 0.140. The third kappa shape index (κ3) is 8.20. The lowest BCUT2D eigenvalue weighted by Gasteiger charge is -2.13. The molecule has 0 fully saturated rings. The number of thioether (sulfide) groups is 1. The lowest BCUT2D eigenvalue weighted by molar-refractivity contribution is 0.537. The van der Waals surface area contributed by atoms with Crippen LogP contribution in [0.2, 0.25) is 0 Å². The molecule has 3 nitrogen and oxygen atoms in total. The number of anilines is 1. The van der Waals surface area contributed by atoms with E-state index in [1.807, 2.05) is 11.3 Å². The van der Waals surface area contributed by atoms with Crippen molar-refractivity contribution >= 4 is 39.1 Å². The van der Waals surface area contributed by atoms with E-state index >= 15 is 0 Å². The summed E-state index contributed by atoms with van der Waals surface area (Å²) in [4.78, 5) is 12.4. The van der Waals surface area contributed by atoms with Gasteiger partial charge in [0.1, 0.15) is 10.6 Å². The number of unbranched alkanes of at least 4 members (excludes halogenated alkanes) is 13. The molecular weight excluding hydrogens is 430 g/mol. The zero-order valence-corrected chi connectivity index (χ0v) is 22.3. The summed E-state index contributed by atoms with van der Waals surface area (Å²) in [5.41, 5.74) is 1.53. The van der Waals surface area contributed by atoms with E-state index in [1.165, 1.54) is 131 Å². The lowest BCUT2D eigenvalue weighted by atomic mass is 9.97. The molecule has 0 aromatic carbocycles. The van der Waals surface area contributed by atoms with Crippen molar-refractivity contribution in [3.63, 3.8) is 0 Å². The maximum absolute atomic E-state index is 4.85. The largest absolute Gasteiger partial charge is 0.369 e. The average Bonchev–Trinajstić information content (AvgIpc) is 3.20. The van der Waals surface area contributed by atoms with Crippen molar-refractivity contribution in [2.45, 2.75) is 128 Å². The second-order valence-corrected chi connectivity index (χ2v) is 11.3. The van der Waals surface area contributed by atoms with Crippen molar-refractivity contribution in [1.29, 1.82) is 0 Å². The van der Waals surface area contributed by atoms with Crippen molar-refractivity contribution in [3.8, 4) is 0 Å². The van der Waals surface area contributed by atoms with Gasteiger partial charge in [-0.3, -0.25) is 0 Å². The zero-order valence-electron chi connectivity index (χ0n) is 20.6. The Kier molecular flexibility index (Phi) is 12.2. The van der Waals surface area contributed by atoms with Crippen LogP contribution in [0.15, 0.2) is 5.16 Å². The Labute approximate surface area is 205 Å².